The molecule has 0 radical (unpaired) electrons. The van der Waals surface area contributed by atoms with Gasteiger partial charge in [-0.15, -0.1) is 11.8 Å². The van der Waals surface area contributed by atoms with Crippen LogP contribution in [0, 0.1) is 11.7 Å². The molecule has 0 aromatic heterocycles. The van der Waals surface area contributed by atoms with Crippen molar-refractivity contribution in [1.29, 1.82) is 0 Å². The van der Waals surface area contributed by atoms with E-state index in [1.807, 2.05) is 24.3 Å². The van der Waals surface area contributed by atoms with Gasteiger partial charge in [-0.25, -0.2) is 4.39 Å². The number of Topliss-reactive ketones (excluding diaryl/α,β-unsaturated/α-hetero) is 1. The molecule has 1 fully saturated rings. The van der Waals surface area contributed by atoms with Crippen molar-refractivity contribution in [3.8, 4) is 0 Å². The van der Waals surface area contributed by atoms with E-state index in [1.165, 1.54) is 12.1 Å². The molecule has 1 nitrogen and oxygen atoms in total. The van der Waals surface area contributed by atoms with E-state index in [-0.39, 0.29) is 17.5 Å². The Labute approximate surface area is 122 Å². The maximum absolute atomic E-state index is 12.8. The maximum Gasteiger partial charge on any atom is 0.165 e. The van der Waals surface area contributed by atoms with Gasteiger partial charge in [-0.05, 0) is 42.7 Å². The number of carbonyl (C=O) groups excluding carboxylic acids is 1. The van der Waals surface area contributed by atoms with Gasteiger partial charge in [0.1, 0.15) is 5.82 Å². The number of halogens is 1. The van der Waals surface area contributed by atoms with Crippen molar-refractivity contribution < 1.29 is 9.18 Å². The van der Waals surface area contributed by atoms with Gasteiger partial charge in [0, 0.05) is 22.1 Å². The van der Waals surface area contributed by atoms with Gasteiger partial charge in [0.2, 0.25) is 0 Å². The van der Waals surface area contributed by atoms with Crippen LogP contribution >= 0.6 is 11.8 Å². The zero-order valence-electron chi connectivity index (χ0n) is 11.0. The molecule has 102 valence electrons. The lowest BCUT2D eigenvalue weighted by Gasteiger charge is -2.04. The molecule has 1 aliphatic carbocycles. The summed E-state index contributed by atoms with van der Waals surface area (Å²) in [6.07, 6.45) is 2.08. The van der Waals surface area contributed by atoms with Gasteiger partial charge in [-0.3, -0.25) is 4.79 Å². The van der Waals surface area contributed by atoms with Crippen LogP contribution in [0.3, 0.4) is 0 Å². The van der Waals surface area contributed by atoms with E-state index in [1.54, 1.807) is 23.9 Å². The van der Waals surface area contributed by atoms with E-state index in [2.05, 4.69) is 0 Å². The van der Waals surface area contributed by atoms with Crippen LogP contribution < -0.4 is 0 Å². The van der Waals surface area contributed by atoms with Crippen molar-refractivity contribution in [2.45, 2.75) is 23.5 Å². The highest BCUT2D eigenvalue weighted by Crippen LogP contribution is 2.33. The molecule has 0 heterocycles. The fourth-order valence-corrected chi connectivity index (χ4v) is 2.90. The molecular weight excluding hydrogens is 271 g/mol. The predicted molar refractivity (Wildman–Crippen MR) is 79.5 cm³/mol. The molecule has 2 aromatic carbocycles. The van der Waals surface area contributed by atoms with Crippen LogP contribution in [0.25, 0.3) is 0 Å². The van der Waals surface area contributed by atoms with E-state index in [0.717, 1.165) is 34.6 Å². The van der Waals surface area contributed by atoms with E-state index in [0.29, 0.717) is 0 Å². The quantitative estimate of drug-likeness (QED) is 0.585. The summed E-state index contributed by atoms with van der Waals surface area (Å²) < 4.78 is 12.8. The van der Waals surface area contributed by atoms with Crippen LogP contribution in [0.5, 0.6) is 0 Å². The van der Waals surface area contributed by atoms with Crippen molar-refractivity contribution in [2.75, 3.05) is 0 Å². The van der Waals surface area contributed by atoms with Gasteiger partial charge in [0.25, 0.3) is 0 Å². The Kier molecular flexibility index (Phi) is 3.88. The van der Waals surface area contributed by atoms with Gasteiger partial charge in [0.05, 0.1) is 0 Å². The van der Waals surface area contributed by atoms with Gasteiger partial charge in [-0.2, -0.15) is 0 Å². The molecule has 1 aliphatic rings. The second-order valence-electron chi connectivity index (χ2n) is 5.08. The molecule has 3 heteroatoms. The van der Waals surface area contributed by atoms with Gasteiger partial charge < -0.3 is 0 Å². The zero-order chi connectivity index (χ0) is 13.9. The molecule has 0 atom stereocenters. The van der Waals surface area contributed by atoms with Crippen molar-refractivity contribution in [3.05, 3.63) is 65.5 Å². The number of thioether (sulfide) groups is 1. The molecule has 0 bridgehead atoms. The summed E-state index contributed by atoms with van der Waals surface area (Å²) in [5.74, 6) is 1.14. The number of rotatable bonds is 5. The summed E-state index contributed by atoms with van der Waals surface area (Å²) >= 11 is 1.69. The summed E-state index contributed by atoms with van der Waals surface area (Å²) in [5, 5.41) is 0. The minimum Gasteiger partial charge on any atom is -0.294 e. The summed E-state index contributed by atoms with van der Waals surface area (Å²) in [6, 6.07) is 14.4. The molecule has 0 amide bonds. The molecule has 0 N–H and O–H groups in total. The lowest BCUT2D eigenvalue weighted by Crippen LogP contribution is -2.00. The average molecular weight is 286 g/mol. The number of carbonyl (C=O) groups is 1. The van der Waals surface area contributed by atoms with E-state index < -0.39 is 0 Å². The minimum atomic E-state index is -0.207. The first-order valence-electron chi connectivity index (χ1n) is 6.74. The second kappa shape index (κ2) is 5.80. The van der Waals surface area contributed by atoms with Crippen molar-refractivity contribution >= 4 is 17.5 Å². The first-order chi connectivity index (χ1) is 9.72. The van der Waals surface area contributed by atoms with Crippen molar-refractivity contribution in [1.82, 2.24) is 0 Å². The monoisotopic (exact) mass is 286 g/mol. The molecular formula is C17H15FOS. The summed E-state index contributed by atoms with van der Waals surface area (Å²) in [5.41, 5.74) is 1.91. The summed E-state index contributed by atoms with van der Waals surface area (Å²) in [7, 11) is 0. The molecule has 1 saturated carbocycles. The fraction of sp³-hybridized carbons (Fsp3) is 0.235. The van der Waals surface area contributed by atoms with Crippen LogP contribution in [-0.4, -0.2) is 5.78 Å². The van der Waals surface area contributed by atoms with E-state index >= 15 is 0 Å². The standard InChI is InChI=1S/C17H15FOS/c18-15-7-1-12(2-8-15)11-20-16-9-5-14(6-10-16)17(19)13-3-4-13/h1-2,5-10,13H,3-4,11H2. The Morgan fingerprint density at radius 2 is 1.70 bits per heavy atom. The zero-order valence-corrected chi connectivity index (χ0v) is 11.8. The molecule has 0 spiro atoms. The Hall–Kier alpha value is -1.61. The lowest BCUT2D eigenvalue weighted by molar-refractivity contribution is 0.0967. The lowest BCUT2D eigenvalue weighted by atomic mass is 10.1. The van der Waals surface area contributed by atoms with Crippen LogP contribution in [0.2, 0.25) is 0 Å². The summed E-state index contributed by atoms with van der Waals surface area (Å²) in [4.78, 5) is 13.0. The highest BCUT2D eigenvalue weighted by molar-refractivity contribution is 7.98. The number of hydrogen-bond donors (Lipinski definition) is 0. The molecule has 3 rings (SSSR count). The normalized spacial score (nSPS) is 14.2. The molecule has 2 aromatic rings. The Morgan fingerprint density at radius 3 is 2.30 bits per heavy atom. The molecule has 0 unspecified atom stereocenters. The van der Waals surface area contributed by atoms with Gasteiger partial charge in [0.15, 0.2) is 5.78 Å². The van der Waals surface area contributed by atoms with Crippen LogP contribution in [0.1, 0.15) is 28.8 Å². The van der Waals surface area contributed by atoms with Crippen molar-refractivity contribution in [3.63, 3.8) is 0 Å². The van der Waals surface area contributed by atoms with Gasteiger partial charge >= 0.3 is 0 Å². The Bertz CT molecular complexity index is 600. The largest absolute Gasteiger partial charge is 0.294 e. The third kappa shape index (κ3) is 3.28. The number of ketones is 1. The highest BCUT2D eigenvalue weighted by Gasteiger charge is 2.30. The smallest absolute Gasteiger partial charge is 0.165 e. The topological polar surface area (TPSA) is 17.1 Å². The summed E-state index contributed by atoms with van der Waals surface area (Å²) in [6.45, 7) is 0. The SMILES string of the molecule is O=C(c1ccc(SCc2ccc(F)cc2)cc1)C1CC1. The maximum atomic E-state index is 12.8. The molecule has 20 heavy (non-hydrogen) atoms. The molecule has 0 aliphatic heterocycles. The third-order valence-corrected chi connectivity index (χ3v) is 4.49. The second-order valence-corrected chi connectivity index (χ2v) is 6.13. The number of benzene rings is 2. The fourth-order valence-electron chi connectivity index (χ4n) is 2.04. The Morgan fingerprint density at radius 1 is 1.05 bits per heavy atom. The highest BCUT2D eigenvalue weighted by atomic mass is 32.2. The van der Waals surface area contributed by atoms with E-state index in [4.69, 9.17) is 0 Å². The molecule has 0 saturated heterocycles. The van der Waals surface area contributed by atoms with Gasteiger partial charge in [-0.1, -0.05) is 24.3 Å². The first-order valence-corrected chi connectivity index (χ1v) is 7.72. The number of hydrogen-bond acceptors (Lipinski definition) is 2. The average Bonchev–Trinajstić information content (AvgIpc) is 3.31. The predicted octanol–water partition coefficient (Wildman–Crippen LogP) is 4.71. The Balaban J connectivity index is 1.60. The van der Waals surface area contributed by atoms with Crippen molar-refractivity contribution in [2.24, 2.45) is 5.92 Å². The third-order valence-electron chi connectivity index (χ3n) is 3.41. The van der Waals surface area contributed by atoms with Crippen LogP contribution in [0.4, 0.5) is 4.39 Å². The van der Waals surface area contributed by atoms with Crippen LogP contribution in [-0.2, 0) is 5.75 Å². The van der Waals surface area contributed by atoms with Crippen LogP contribution in [0.15, 0.2) is 53.4 Å². The minimum absolute atomic E-state index is 0.207. The first kappa shape index (κ1) is 13.4. The van der Waals surface area contributed by atoms with E-state index in [9.17, 15) is 9.18 Å².